The van der Waals surface area contributed by atoms with Crippen LogP contribution < -0.4 is 0 Å². The van der Waals surface area contributed by atoms with Crippen molar-refractivity contribution in [2.75, 3.05) is 18.8 Å². The minimum Gasteiger partial charge on any atom is -0.388 e. The summed E-state index contributed by atoms with van der Waals surface area (Å²) in [4.78, 5) is 14.4. The van der Waals surface area contributed by atoms with Gasteiger partial charge in [0.2, 0.25) is 5.91 Å². The molecule has 98 valence electrons. The molecule has 0 radical (unpaired) electrons. The molecule has 0 spiro atoms. The van der Waals surface area contributed by atoms with Crippen molar-refractivity contribution in [3.63, 3.8) is 0 Å². The molecule has 1 aromatic rings. The first-order valence-electron chi connectivity index (χ1n) is 5.89. The molecule has 1 aromatic carbocycles. The first-order valence-corrected chi connectivity index (χ1v) is 6.88. The van der Waals surface area contributed by atoms with Crippen LogP contribution in [0.15, 0.2) is 29.2 Å². The van der Waals surface area contributed by atoms with Gasteiger partial charge in [0.05, 0.1) is 18.0 Å². The third kappa shape index (κ3) is 3.25. The molecule has 2 atom stereocenters. The number of aliphatic hydroxyl groups excluding tert-OH is 2. The average Bonchev–Trinajstić information content (AvgIpc) is 2.69. The van der Waals surface area contributed by atoms with E-state index in [9.17, 15) is 15.0 Å². The number of rotatable bonds is 3. The van der Waals surface area contributed by atoms with E-state index in [1.54, 1.807) is 0 Å². The topological polar surface area (TPSA) is 60.8 Å². The Balaban J connectivity index is 1.83. The van der Waals surface area contributed by atoms with Crippen LogP contribution in [-0.4, -0.2) is 52.1 Å². The van der Waals surface area contributed by atoms with Crippen LogP contribution >= 0.6 is 11.8 Å². The summed E-state index contributed by atoms with van der Waals surface area (Å²) < 4.78 is 0. The zero-order valence-electron chi connectivity index (χ0n) is 10.2. The van der Waals surface area contributed by atoms with Gasteiger partial charge in [-0.3, -0.25) is 4.79 Å². The summed E-state index contributed by atoms with van der Waals surface area (Å²) in [5.41, 5.74) is 1.19. The van der Waals surface area contributed by atoms with Gasteiger partial charge in [0.15, 0.2) is 0 Å². The largest absolute Gasteiger partial charge is 0.388 e. The Morgan fingerprint density at radius 1 is 1.28 bits per heavy atom. The van der Waals surface area contributed by atoms with Crippen LogP contribution in [0.3, 0.4) is 0 Å². The summed E-state index contributed by atoms with van der Waals surface area (Å²) >= 11 is 1.47. The van der Waals surface area contributed by atoms with Crippen molar-refractivity contribution >= 4 is 17.7 Å². The molecule has 18 heavy (non-hydrogen) atoms. The Labute approximate surface area is 111 Å². The number of benzene rings is 1. The molecular formula is C13H17NO3S. The molecule has 1 fully saturated rings. The zero-order chi connectivity index (χ0) is 13.1. The first kappa shape index (κ1) is 13.4. The molecule has 0 unspecified atom stereocenters. The first-order chi connectivity index (χ1) is 8.56. The van der Waals surface area contributed by atoms with Crippen LogP contribution in [0.5, 0.6) is 0 Å². The van der Waals surface area contributed by atoms with Crippen LogP contribution in [0.1, 0.15) is 5.56 Å². The van der Waals surface area contributed by atoms with Gasteiger partial charge in [-0.05, 0) is 19.1 Å². The summed E-state index contributed by atoms with van der Waals surface area (Å²) in [6.45, 7) is 2.48. The fourth-order valence-corrected chi connectivity index (χ4v) is 2.65. The minimum absolute atomic E-state index is 0.0452. The van der Waals surface area contributed by atoms with Crippen molar-refractivity contribution in [3.05, 3.63) is 29.8 Å². The highest BCUT2D eigenvalue weighted by atomic mass is 32.2. The molecule has 1 aliphatic rings. The second-order valence-corrected chi connectivity index (χ2v) is 5.58. The molecule has 4 nitrogen and oxygen atoms in total. The number of carbonyl (C=O) groups is 1. The number of carbonyl (C=O) groups excluding carboxylic acids is 1. The zero-order valence-corrected chi connectivity index (χ0v) is 11.1. The lowest BCUT2D eigenvalue weighted by atomic mass is 10.2. The number of hydrogen-bond acceptors (Lipinski definition) is 4. The highest BCUT2D eigenvalue weighted by Crippen LogP contribution is 2.20. The number of hydrogen-bond donors (Lipinski definition) is 2. The number of aryl methyl sites for hydroxylation is 1. The van der Waals surface area contributed by atoms with Gasteiger partial charge in [0.25, 0.3) is 0 Å². The third-order valence-electron chi connectivity index (χ3n) is 3.00. The number of β-amino-alcohol motifs (C(OH)–C–C–N with tert-alkyl or cyclic N) is 2. The summed E-state index contributed by atoms with van der Waals surface area (Å²) in [6, 6.07) is 7.99. The maximum atomic E-state index is 11.9. The lowest BCUT2D eigenvalue weighted by molar-refractivity contribution is -0.127. The highest BCUT2D eigenvalue weighted by Gasteiger charge is 2.32. The van der Waals surface area contributed by atoms with Crippen molar-refractivity contribution in [2.24, 2.45) is 0 Å². The van der Waals surface area contributed by atoms with Gasteiger partial charge < -0.3 is 15.1 Å². The van der Waals surface area contributed by atoms with Gasteiger partial charge in [-0.15, -0.1) is 11.8 Å². The average molecular weight is 267 g/mol. The molecule has 1 amide bonds. The Hall–Kier alpha value is -1.04. The molecule has 0 bridgehead atoms. The van der Waals surface area contributed by atoms with Crippen molar-refractivity contribution in [1.29, 1.82) is 0 Å². The normalized spacial score (nSPS) is 23.4. The lowest BCUT2D eigenvalue weighted by Gasteiger charge is -2.14. The van der Waals surface area contributed by atoms with E-state index in [1.807, 2.05) is 31.2 Å². The van der Waals surface area contributed by atoms with E-state index >= 15 is 0 Å². The van der Waals surface area contributed by atoms with E-state index in [0.717, 1.165) is 4.90 Å². The molecule has 2 rings (SSSR count). The van der Waals surface area contributed by atoms with Crippen molar-refractivity contribution in [2.45, 2.75) is 24.0 Å². The summed E-state index contributed by atoms with van der Waals surface area (Å²) in [7, 11) is 0. The Morgan fingerprint density at radius 3 is 2.39 bits per heavy atom. The second kappa shape index (κ2) is 5.73. The maximum Gasteiger partial charge on any atom is 0.233 e. The molecule has 1 saturated heterocycles. The van der Waals surface area contributed by atoms with Crippen LogP contribution in [0.4, 0.5) is 0 Å². The van der Waals surface area contributed by atoms with E-state index in [4.69, 9.17) is 0 Å². The number of likely N-dealkylation sites (tertiary alicyclic amines) is 1. The van der Waals surface area contributed by atoms with Gasteiger partial charge in [-0.1, -0.05) is 17.7 Å². The fourth-order valence-electron chi connectivity index (χ4n) is 1.84. The highest BCUT2D eigenvalue weighted by molar-refractivity contribution is 8.00. The van der Waals surface area contributed by atoms with Crippen LogP contribution in [0, 0.1) is 6.92 Å². The van der Waals surface area contributed by atoms with E-state index in [-0.39, 0.29) is 19.0 Å². The van der Waals surface area contributed by atoms with Gasteiger partial charge >= 0.3 is 0 Å². The number of thioether (sulfide) groups is 1. The van der Waals surface area contributed by atoms with Crippen LogP contribution in [0.2, 0.25) is 0 Å². The molecule has 0 aromatic heterocycles. The molecule has 0 saturated carbocycles. The van der Waals surface area contributed by atoms with E-state index < -0.39 is 12.2 Å². The summed E-state index contributed by atoms with van der Waals surface area (Å²) in [6.07, 6.45) is -1.61. The van der Waals surface area contributed by atoms with Gasteiger partial charge in [0.1, 0.15) is 0 Å². The quantitative estimate of drug-likeness (QED) is 0.790. The molecule has 1 heterocycles. The monoisotopic (exact) mass is 267 g/mol. The third-order valence-corrected chi connectivity index (χ3v) is 3.99. The van der Waals surface area contributed by atoms with E-state index in [0.29, 0.717) is 5.75 Å². The Bertz CT molecular complexity index is 411. The molecule has 1 aliphatic heterocycles. The molecule has 2 N–H and O–H groups in total. The molecule has 0 aliphatic carbocycles. The SMILES string of the molecule is Cc1ccc(SCC(=O)N2C[C@@H](O)[C@@H](O)C2)cc1. The number of amides is 1. The number of aliphatic hydroxyl groups is 2. The smallest absolute Gasteiger partial charge is 0.233 e. The van der Waals surface area contributed by atoms with Crippen molar-refractivity contribution in [3.8, 4) is 0 Å². The minimum atomic E-state index is -0.807. The maximum absolute atomic E-state index is 11.9. The Morgan fingerprint density at radius 2 is 1.83 bits per heavy atom. The van der Waals surface area contributed by atoms with Gasteiger partial charge in [-0.25, -0.2) is 0 Å². The van der Waals surface area contributed by atoms with Crippen molar-refractivity contribution in [1.82, 2.24) is 4.90 Å². The second-order valence-electron chi connectivity index (χ2n) is 4.54. The number of nitrogens with zero attached hydrogens (tertiary/aromatic N) is 1. The molecule has 5 heteroatoms. The predicted octanol–water partition coefficient (Wildman–Crippen LogP) is 0.651. The van der Waals surface area contributed by atoms with E-state index in [1.165, 1.54) is 22.2 Å². The molecular weight excluding hydrogens is 250 g/mol. The van der Waals surface area contributed by atoms with Crippen LogP contribution in [-0.2, 0) is 4.79 Å². The lowest BCUT2D eigenvalue weighted by Crippen LogP contribution is -2.31. The standard InChI is InChI=1S/C13H17NO3S/c1-9-2-4-10(5-3-9)18-8-13(17)14-6-11(15)12(16)7-14/h2-5,11-12,15-16H,6-8H2,1H3/t11-,12+. The fraction of sp³-hybridized carbons (Fsp3) is 0.462. The van der Waals surface area contributed by atoms with Gasteiger partial charge in [0, 0.05) is 18.0 Å². The Kier molecular flexibility index (Phi) is 4.27. The predicted molar refractivity (Wildman–Crippen MR) is 70.5 cm³/mol. The summed E-state index contributed by atoms with van der Waals surface area (Å²) in [5.74, 6) is 0.291. The van der Waals surface area contributed by atoms with Crippen molar-refractivity contribution < 1.29 is 15.0 Å². The van der Waals surface area contributed by atoms with Gasteiger partial charge in [-0.2, -0.15) is 0 Å². The van der Waals surface area contributed by atoms with Crippen LogP contribution in [0.25, 0.3) is 0 Å². The van der Waals surface area contributed by atoms with E-state index in [2.05, 4.69) is 0 Å². The summed E-state index contributed by atoms with van der Waals surface area (Å²) in [5, 5.41) is 18.8.